The summed E-state index contributed by atoms with van der Waals surface area (Å²) in [4.78, 5) is 18.2. The Balaban J connectivity index is 2.12. The van der Waals surface area contributed by atoms with E-state index < -0.39 is 0 Å². The molecule has 0 saturated carbocycles. The number of pyridine rings is 1. The molecular formula is C17H17N3O2. The van der Waals surface area contributed by atoms with Gasteiger partial charge in [-0.25, -0.2) is 4.98 Å². The maximum absolute atomic E-state index is 12.4. The molecule has 0 fully saturated rings. The second kappa shape index (κ2) is 7.23. The second-order valence-electron chi connectivity index (χ2n) is 4.75. The lowest BCUT2D eigenvalue weighted by Gasteiger charge is -2.18. The molecule has 0 aliphatic rings. The fourth-order valence-electron chi connectivity index (χ4n) is 2.05. The van der Waals surface area contributed by atoms with Gasteiger partial charge in [-0.15, -0.1) is 0 Å². The van der Waals surface area contributed by atoms with Gasteiger partial charge in [-0.2, -0.15) is 5.26 Å². The minimum atomic E-state index is -0.115. The molecule has 0 spiro atoms. The van der Waals surface area contributed by atoms with Crippen molar-refractivity contribution in [2.75, 3.05) is 13.7 Å². The Morgan fingerprint density at radius 3 is 2.68 bits per heavy atom. The Morgan fingerprint density at radius 2 is 2.05 bits per heavy atom. The van der Waals surface area contributed by atoms with Crippen molar-refractivity contribution in [3.05, 3.63) is 59.3 Å². The molecule has 112 valence electrons. The van der Waals surface area contributed by atoms with E-state index in [0.717, 1.165) is 5.56 Å². The first kappa shape index (κ1) is 15.5. The van der Waals surface area contributed by atoms with E-state index in [1.807, 2.05) is 25.1 Å². The van der Waals surface area contributed by atoms with E-state index in [2.05, 4.69) is 4.98 Å². The van der Waals surface area contributed by atoms with Gasteiger partial charge in [0.25, 0.3) is 5.91 Å². The number of hydrogen-bond acceptors (Lipinski definition) is 4. The van der Waals surface area contributed by atoms with Crippen LogP contribution in [0, 0.1) is 11.3 Å². The van der Waals surface area contributed by atoms with Gasteiger partial charge in [-0.1, -0.05) is 6.07 Å². The number of nitriles is 1. The molecule has 0 N–H and O–H groups in total. The number of amides is 1. The van der Waals surface area contributed by atoms with Gasteiger partial charge < -0.3 is 9.64 Å². The first-order chi connectivity index (χ1) is 10.7. The van der Waals surface area contributed by atoms with Crippen LogP contribution in [-0.4, -0.2) is 29.4 Å². The zero-order valence-corrected chi connectivity index (χ0v) is 12.6. The monoisotopic (exact) mass is 295 g/mol. The molecule has 0 atom stereocenters. The van der Waals surface area contributed by atoms with Crippen molar-refractivity contribution in [3.63, 3.8) is 0 Å². The molecule has 22 heavy (non-hydrogen) atoms. The highest BCUT2D eigenvalue weighted by Crippen LogP contribution is 2.17. The van der Waals surface area contributed by atoms with Crippen LogP contribution in [0.4, 0.5) is 0 Å². The molecule has 2 aromatic rings. The zero-order chi connectivity index (χ0) is 15.9. The molecule has 0 saturated heterocycles. The van der Waals surface area contributed by atoms with Crippen LogP contribution in [0.1, 0.15) is 28.4 Å². The molecule has 0 unspecified atom stereocenters. The van der Waals surface area contributed by atoms with E-state index in [1.165, 1.54) is 0 Å². The molecule has 1 heterocycles. The van der Waals surface area contributed by atoms with E-state index in [1.54, 1.807) is 42.4 Å². The summed E-state index contributed by atoms with van der Waals surface area (Å²) in [5.74, 6) is 0.431. The van der Waals surface area contributed by atoms with Crippen LogP contribution in [0.15, 0.2) is 42.6 Å². The van der Waals surface area contributed by atoms with Crippen molar-refractivity contribution in [1.82, 2.24) is 9.88 Å². The number of hydrogen-bond donors (Lipinski definition) is 0. The average molecular weight is 295 g/mol. The van der Waals surface area contributed by atoms with Gasteiger partial charge >= 0.3 is 0 Å². The summed E-state index contributed by atoms with van der Waals surface area (Å²) in [6.45, 7) is 2.82. The number of benzene rings is 1. The Labute approximate surface area is 129 Å². The van der Waals surface area contributed by atoms with Crippen LogP contribution >= 0.6 is 0 Å². The topological polar surface area (TPSA) is 66.2 Å². The van der Waals surface area contributed by atoms with Gasteiger partial charge in [0.15, 0.2) is 0 Å². The molecule has 0 bridgehead atoms. The summed E-state index contributed by atoms with van der Waals surface area (Å²) in [7, 11) is 1.73. The van der Waals surface area contributed by atoms with Gasteiger partial charge in [-0.05, 0) is 37.3 Å². The Kier molecular flexibility index (Phi) is 5.10. The minimum Gasteiger partial charge on any atom is -0.478 e. The molecule has 1 amide bonds. The van der Waals surface area contributed by atoms with Crippen molar-refractivity contribution in [2.24, 2.45) is 0 Å². The predicted octanol–water partition coefficient (Wildman–Crippen LogP) is 2.62. The lowest BCUT2D eigenvalue weighted by molar-refractivity contribution is 0.0783. The third kappa shape index (κ3) is 3.61. The smallest absolute Gasteiger partial charge is 0.253 e. The molecule has 0 aliphatic heterocycles. The molecule has 2 rings (SSSR count). The van der Waals surface area contributed by atoms with E-state index in [4.69, 9.17) is 10.00 Å². The Hall–Kier alpha value is -2.87. The van der Waals surface area contributed by atoms with Gasteiger partial charge in [0.05, 0.1) is 24.8 Å². The van der Waals surface area contributed by atoms with Gasteiger partial charge in [-0.3, -0.25) is 4.79 Å². The molecule has 0 radical (unpaired) electrons. The van der Waals surface area contributed by atoms with Crippen LogP contribution in [-0.2, 0) is 6.54 Å². The van der Waals surface area contributed by atoms with Crippen LogP contribution < -0.4 is 4.74 Å². The maximum atomic E-state index is 12.4. The largest absolute Gasteiger partial charge is 0.478 e. The van der Waals surface area contributed by atoms with Crippen LogP contribution in [0.3, 0.4) is 0 Å². The van der Waals surface area contributed by atoms with Crippen molar-refractivity contribution in [2.45, 2.75) is 13.5 Å². The van der Waals surface area contributed by atoms with E-state index in [0.29, 0.717) is 30.2 Å². The lowest BCUT2D eigenvalue weighted by Crippen LogP contribution is -2.26. The van der Waals surface area contributed by atoms with E-state index in [9.17, 15) is 4.79 Å². The second-order valence-corrected chi connectivity index (χ2v) is 4.75. The highest BCUT2D eigenvalue weighted by Gasteiger charge is 2.14. The highest BCUT2D eigenvalue weighted by atomic mass is 16.5. The third-order valence-electron chi connectivity index (χ3n) is 3.15. The number of nitrogens with zero attached hydrogens (tertiary/aromatic N) is 3. The summed E-state index contributed by atoms with van der Waals surface area (Å²) in [6, 6.07) is 12.3. The number of rotatable bonds is 5. The summed E-state index contributed by atoms with van der Waals surface area (Å²) < 4.78 is 5.47. The standard InChI is InChI=1S/C17H17N3O2/c1-3-22-16-15(5-4-10-19-16)12-20(2)17(21)14-8-6-13(11-18)7-9-14/h4-10H,3,12H2,1-2H3. The fourth-order valence-corrected chi connectivity index (χ4v) is 2.05. The number of carbonyl (C=O) groups is 1. The normalized spacial score (nSPS) is 9.86. The third-order valence-corrected chi connectivity index (χ3v) is 3.15. The van der Waals surface area contributed by atoms with Gasteiger partial charge in [0.1, 0.15) is 0 Å². The first-order valence-electron chi connectivity index (χ1n) is 6.98. The molecule has 1 aromatic heterocycles. The molecule has 5 heteroatoms. The molecule has 5 nitrogen and oxygen atoms in total. The molecule has 0 aliphatic carbocycles. The Morgan fingerprint density at radius 1 is 1.32 bits per heavy atom. The van der Waals surface area contributed by atoms with Crippen molar-refractivity contribution >= 4 is 5.91 Å². The minimum absolute atomic E-state index is 0.115. The number of ether oxygens (including phenoxy) is 1. The van der Waals surface area contributed by atoms with Crippen LogP contribution in [0.25, 0.3) is 0 Å². The summed E-state index contributed by atoms with van der Waals surface area (Å²) in [5.41, 5.74) is 1.93. The number of carbonyl (C=O) groups excluding carboxylic acids is 1. The number of aromatic nitrogens is 1. The van der Waals surface area contributed by atoms with Crippen molar-refractivity contribution in [3.8, 4) is 11.9 Å². The van der Waals surface area contributed by atoms with Crippen LogP contribution in [0.5, 0.6) is 5.88 Å². The fraction of sp³-hybridized carbons (Fsp3) is 0.235. The van der Waals surface area contributed by atoms with Crippen molar-refractivity contribution in [1.29, 1.82) is 5.26 Å². The van der Waals surface area contributed by atoms with Crippen molar-refractivity contribution < 1.29 is 9.53 Å². The predicted molar refractivity (Wildman–Crippen MR) is 82.4 cm³/mol. The van der Waals surface area contributed by atoms with Gasteiger partial charge in [0, 0.05) is 24.4 Å². The van der Waals surface area contributed by atoms with Gasteiger partial charge in [0.2, 0.25) is 5.88 Å². The molecular weight excluding hydrogens is 278 g/mol. The summed E-state index contributed by atoms with van der Waals surface area (Å²) in [5, 5.41) is 8.79. The van der Waals surface area contributed by atoms with Crippen LogP contribution in [0.2, 0.25) is 0 Å². The highest BCUT2D eigenvalue weighted by molar-refractivity contribution is 5.94. The van der Waals surface area contributed by atoms with E-state index >= 15 is 0 Å². The lowest BCUT2D eigenvalue weighted by atomic mass is 10.1. The first-order valence-corrected chi connectivity index (χ1v) is 6.98. The summed E-state index contributed by atoms with van der Waals surface area (Å²) >= 11 is 0. The summed E-state index contributed by atoms with van der Waals surface area (Å²) in [6.07, 6.45) is 1.66. The quantitative estimate of drug-likeness (QED) is 0.850. The maximum Gasteiger partial charge on any atom is 0.253 e. The SMILES string of the molecule is CCOc1ncccc1CN(C)C(=O)c1ccc(C#N)cc1. The zero-order valence-electron chi connectivity index (χ0n) is 12.6. The Bertz CT molecular complexity index is 690. The average Bonchev–Trinajstić information content (AvgIpc) is 2.56. The molecule has 1 aromatic carbocycles. The van der Waals surface area contributed by atoms with E-state index in [-0.39, 0.29) is 5.91 Å².